The van der Waals surface area contributed by atoms with Crippen LogP contribution < -0.4 is 9.80 Å². The number of nitrogens with zero attached hydrogens (tertiary/aromatic N) is 4. The Labute approximate surface area is 134 Å². The van der Waals surface area contributed by atoms with E-state index in [9.17, 15) is 0 Å². The van der Waals surface area contributed by atoms with Gasteiger partial charge in [0.05, 0.1) is 0 Å². The van der Waals surface area contributed by atoms with Crippen molar-refractivity contribution >= 4 is 11.8 Å². The topological polar surface area (TPSA) is 32.3 Å². The highest BCUT2D eigenvalue weighted by Gasteiger charge is 2.25. The van der Waals surface area contributed by atoms with Crippen LogP contribution in [0.1, 0.15) is 58.1 Å². The molecule has 22 heavy (non-hydrogen) atoms. The standard InChI is InChI=1S/C18H30N4/c1-4-16-7-5-6-10-22(16)18-19-15(3)13-17(20-18)21-11-8-14(2)9-12-21/h13-14,16H,4-12H2,1-3H3. The molecule has 2 aliphatic rings. The van der Waals surface area contributed by atoms with Crippen molar-refractivity contribution in [2.75, 3.05) is 29.4 Å². The average Bonchev–Trinajstić information content (AvgIpc) is 2.55. The van der Waals surface area contributed by atoms with Crippen LogP contribution in [0.2, 0.25) is 0 Å². The van der Waals surface area contributed by atoms with Crippen LogP contribution in [0.5, 0.6) is 0 Å². The zero-order valence-electron chi connectivity index (χ0n) is 14.4. The summed E-state index contributed by atoms with van der Waals surface area (Å²) in [6.07, 6.45) is 7.64. The van der Waals surface area contributed by atoms with Crippen molar-refractivity contribution in [3.63, 3.8) is 0 Å². The quantitative estimate of drug-likeness (QED) is 0.850. The number of anilines is 2. The lowest BCUT2D eigenvalue weighted by molar-refractivity contribution is 0.433. The van der Waals surface area contributed by atoms with Gasteiger partial charge in [0.15, 0.2) is 0 Å². The summed E-state index contributed by atoms with van der Waals surface area (Å²) in [6, 6.07) is 2.77. The summed E-state index contributed by atoms with van der Waals surface area (Å²) in [6.45, 7) is 10.1. The molecule has 1 atom stereocenters. The second-order valence-corrected chi connectivity index (χ2v) is 7.09. The van der Waals surface area contributed by atoms with E-state index in [1.807, 2.05) is 0 Å². The Morgan fingerprint density at radius 2 is 1.86 bits per heavy atom. The molecule has 4 heteroatoms. The maximum absolute atomic E-state index is 4.94. The molecule has 0 saturated carbocycles. The summed E-state index contributed by atoms with van der Waals surface area (Å²) in [5.74, 6) is 2.94. The monoisotopic (exact) mass is 302 g/mol. The van der Waals surface area contributed by atoms with E-state index in [1.165, 1.54) is 38.5 Å². The maximum Gasteiger partial charge on any atom is 0.227 e. The lowest BCUT2D eigenvalue weighted by Gasteiger charge is -2.36. The maximum atomic E-state index is 4.94. The van der Waals surface area contributed by atoms with Crippen molar-refractivity contribution in [3.8, 4) is 0 Å². The Morgan fingerprint density at radius 3 is 2.59 bits per heavy atom. The first-order valence-corrected chi connectivity index (χ1v) is 9.04. The molecule has 1 unspecified atom stereocenters. The largest absolute Gasteiger partial charge is 0.356 e. The molecule has 1 aromatic heterocycles. The van der Waals surface area contributed by atoms with E-state index in [0.717, 1.165) is 43.0 Å². The van der Waals surface area contributed by atoms with Gasteiger partial charge in [-0.05, 0) is 51.4 Å². The summed E-state index contributed by atoms with van der Waals surface area (Å²) in [4.78, 5) is 14.6. The first kappa shape index (κ1) is 15.6. The molecular weight excluding hydrogens is 272 g/mol. The summed E-state index contributed by atoms with van der Waals surface area (Å²) in [7, 11) is 0. The zero-order valence-corrected chi connectivity index (χ0v) is 14.4. The SMILES string of the molecule is CCC1CCCCN1c1nc(C)cc(N2CCC(C)CC2)n1. The van der Waals surface area contributed by atoms with Crippen LogP contribution in [0.15, 0.2) is 6.07 Å². The van der Waals surface area contributed by atoms with Gasteiger partial charge in [0.25, 0.3) is 0 Å². The van der Waals surface area contributed by atoms with Gasteiger partial charge in [0.1, 0.15) is 5.82 Å². The zero-order chi connectivity index (χ0) is 15.5. The second kappa shape index (κ2) is 6.84. The molecule has 1 aromatic rings. The molecule has 0 aliphatic carbocycles. The highest BCUT2D eigenvalue weighted by atomic mass is 15.3. The summed E-state index contributed by atoms with van der Waals surface area (Å²) in [5, 5.41) is 0. The smallest absolute Gasteiger partial charge is 0.227 e. The average molecular weight is 302 g/mol. The third kappa shape index (κ3) is 3.36. The normalized spacial score (nSPS) is 23.9. The van der Waals surface area contributed by atoms with Crippen molar-refractivity contribution in [1.29, 1.82) is 0 Å². The van der Waals surface area contributed by atoms with E-state index < -0.39 is 0 Å². The van der Waals surface area contributed by atoms with Crippen LogP contribution in [0, 0.1) is 12.8 Å². The molecular formula is C18H30N4. The minimum absolute atomic E-state index is 0.616. The molecule has 0 radical (unpaired) electrons. The Hall–Kier alpha value is -1.32. The van der Waals surface area contributed by atoms with Crippen molar-refractivity contribution in [3.05, 3.63) is 11.8 Å². The highest BCUT2D eigenvalue weighted by Crippen LogP contribution is 2.27. The Balaban J connectivity index is 1.83. The molecule has 122 valence electrons. The van der Waals surface area contributed by atoms with Crippen LogP contribution in [-0.4, -0.2) is 35.6 Å². The third-order valence-electron chi connectivity index (χ3n) is 5.29. The van der Waals surface area contributed by atoms with E-state index in [-0.39, 0.29) is 0 Å². The molecule has 0 aromatic carbocycles. The molecule has 0 bridgehead atoms. The van der Waals surface area contributed by atoms with Crippen molar-refractivity contribution in [2.45, 2.75) is 65.3 Å². The van der Waals surface area contributed by atoms with Crippen LogP contribution in [-0.2, 0) is 0 Å². The van der Waals surface area contributed by atoms with Gasteiger partial charge >= 0.3 is 0 Å². The van der Waals surface area contributed by atoms with Gasteiger partial charge in [-0.25, -0.2) is 4.98 Å². The first-order valence-electron chi connectivity index (χ1n) is 9.04. The number of hydrogen-bond acceptors (Lipinski definition) is 4. The summed E-state index contributed by atoms with van der Waals surface area (Å²) < 4.78 is 0. The number of piperidine rings is 2. The van der Waals surface area contributed by atoms with E-state index >= 15 is 0 Å². The van der Waals surface area contributed by atoms with Crippen LogP contribution in [0.25, 0.3) is 0 Å². The molecule has 0 spiro atoms. The number of rotatable bonds is 3. The lowest BCUT2D eigenvalue weighted by Crippen LogP contribution is -2.41. The Morgan fingerprint density at radius 1 is 1.09 bits per heavy atom. The molecule has 3 rings (SSSR count). The summed E-state index contributed by atoms with van der Waals surface area (Å²) >= 11 is 0. The molecule has 4 nitrogen and oxygen atoms in total. The minimum atomic E-state index is 0.616. The van der Waals surface area contributed by atoms with E-state index in [0.29, 0.717) is 6.04 Å². The van der Waals surface area contributed by atoms with Crippen molar-refractivity contribution in [1.82, 2.24) is 9.97 Å². The molecule has 2 aliphatic heterocycles. The predicted octanol–water partition coefficient (Wildman–Crippen LogP) is 3.79. The van der Waals surface area contributed by atoms with Crippen LogP contribution in [0.3, 0.4) is 0 Å². The van der Waals surface area contributed by atoms with E-state index in [2.05, 4.69) is 36.6 Å². The fourth-order valence-electron chi connectivity index (χ4n) is 3.75. The van der Waals surface area contributed by atoms with Crippen LogP contribution in [0.4, 0.5) is 11.8 Å². The van der Waals surface area contributed by atoms with Gasteiger partial charge in [0.2, 0.25) is 5.95 Å². The van der Waals surface area contributed by atoms with Gasteiger partial charge in [-0.1, -0.05) is 13.8 Å². The van der Waals surface area contributed by atoms with Crippen molar-refractivity contribution in [2.24, 2.45) is 5.92 Å². The third-order valence-corrected chi connectivity index (χ3v) is 5.29. The highest BCUT2D eigenvalue weighted by molar-refractivity contribution is 5.47. The molecule has 2 fully saturated rings. The molecule has 0 amide bonds. The van der Waals surface area contributed by atoms with Crippen LogP contribution >= 0.6 is 0 Å². The number of aromatic nitrogens is 2. The number of aryl methyl sites for hydroxylation is 1. The van der Waals surface area contributed by atoms with Gasteiger partial charge in [-0.2, -0.15) is 4.98 Å². The van der Waals surface area contributed by atoms with Gasteiger partial charge in [-0.3, -0.25) is 0 Å². The Kier molecular flexibility index (Phi) is 4.84. The molecule has 2 saturated heterocycles. The van der Waals surface area contributed by atoms with Crippen molar-refractivity contribution < 1.29 is 0 Å². The minimum Gasteiger partial charge on any atom is -0.356 e. The summed E-state index contributed by atoms with van der Waals surface area (Å²) in [5.41, 5.74) is 1.10. The second-order valence-electron chi connectivity index (χ2n) is 7.09. The fourth-order valence-corrected chi connectivity index (χ4v) is 3.75. The van der Waals surface area contributed by atoms with E-state index in [1.54, 1.807) is 0 Å². The van der Waals surface area contributed by atoms with E-state index in [4.69, 9.17) is 9.97 Å². The first-order chi connectivity index (χ1) is 10.7. The fraction of sp³-hybridized carbons (Fsp3) is 0.778. The number of hydrogen-bond donors (Lipinski definition) is 0. The van der Waals surface area contributed by atoms with Gasteiger partial charge in [-0.15, -0.1) is 0 Å². The predicted molar refractivity (Wildman–Crippen MR) is 92.7 cm³/mol. The van der Waals surface area contributed by atoms with Gasteiger partial charge in [0, 0.05) is 37.4 Å². The van der Waals surface area contributed by atoms with Gasteiger partial charge < -0.3 is 9.80 Å². The Bertz CT molecular complexity index is 494. The lowest BCUT2D eigenvalue weighted by atomic mass is 9.99. The molecule has 3 heterocycles. The molecule has 0 N–H and O–H groups in total.